The van der Waals surface area contributed by atoms with Gasteiger partial charge in [0.25, 0.3) is 0 Å². The minimum absolute atomic E-state index is 0.0193. The molecule has 2 N–H and O–H groups in total. The second kappa shape index (κ2) is 6.07. The van der Waals surface area contributed by atoms with E-state index in [-0.39, 0.29) is 11.8 Å². The van der Waals surface area contributed by atoms with Crippen LogP contribution in [0.5, 0.6) is 0 Å². The van der Waals surface area contributed by atoms with E-state index < -0.39 is 0 Å². The van der Waals surface area contributed by atoms with Crippen LogP contribution in [0, 0.1) is 0 Å². The molecule has 4 rings (SSSR count). The summed E-state index contributed by atoms with van der Waals surface area (Å²) in [5.74, 6) is 0.106. The first kappa shape index (κ1) is 14.3. The molecule has 0 bridgehead atoms. The van der Waals surface area contributed by atoms with Gasteiger partial charge in [0.05, 0.1) is 5.92 Å². The van der Waals surface area contributed by atoms with Gasteiger partial charge in [0.1, 0.15) is 0 Å². The van der Waals surface area contributed by atoms with E-state index in [0.29, 0.717) is 0 Å². The number of rotatable bonds is 2. The molecule has 3 heteroatoms. The average molecular weight is 306 g/mol. The predicted octanol–water partition coefficient (Wildman–Crippen LogP) is 4.10. The highest BCUT2D eigenvalue weighted by Gasteiger charge is 2.26. The van der Waals surface area contributed by atoms with Crippen molar-refractivity contribution in [2.45, 2.75) is 38.0 Å². The van der Waals surface area contributed by atoms with Crippen molar-refractivity contribution in [3.05, 3.63) is 59.2 Å². The molecule has 1 amide bonds. The third kappa shape index (κ3) is 2.83. The molecule has 2 aromatic carbocycles. The van der Waals surface area contributed by atoms with Crippen molar-refractivity contribution in [3.63, 3.8) is 0 Å². The Labute approximate surface area is 137 Å². The quantitative estimate of drug-likeness (QED) is 0.877. The summed E-state index contributed by atoms with van der Waals surface area (Å²) < 4.78 is 0. The van der Waals surface area contributed by atoms with Crippen molar-refractivity contribution in [1.29, 1.82) is 0 Å². The molecule has 23 heavy (non-hydrogen) atoms. The highest BCUT2D eigenvalue weighted by Crippen LogP contribution is 2.33. The van der Waals surface area contributed by atoms with Crippen LogP contribution in [0.15, 0.2) is 42.5 Å². The second-order valence-corrected chi connectivity index (χ2v) is 6.54. The van der Waals surface area contributed by atoms with Gasteiger partial charge in [0, 0.05) is 17.9 Å². The smallest absolute Gasteiger partial charge is 0.231 e. The molecule has 1 atom stereocenters. The molecule has 1 unspecified atom stereocenters. The molecular weight excluding hydrogens is 284 g/mol. The molecule has 1 aliphatic heterocycles. The van der Waals surface area contributed by atoms with Crippen LogP contribution in [0.4, 0.5) is 11.4 Å². The zero-order valence-electron chi connectivity index (χ0n) is 13.3. The van der Waals surface area contributed by atoms with E-state index in [1.54, 1.807) is 0 Å². The van der Waals surface area contributed by atoms with Crippen LogP contribution in [0.1, 0.15) is 41.9 Å². The van der Waals surface area contributed by atoms with Crippen LogP contribution >= 0.6 is 0 Å². The molecule has 2 aliphatic rings. The molecule has 0 spiro atoms. The minimum atomic E-state index is -0.0193. The molecule has 3 nitrogen and oxygen atoms in total. The van der Waals surface area contributed by atoms with Crippen LogP contribution in [0.25, 0.3) is 0 Å². The normalized spacial score (nSPS) is 19.2. The summed E-state index contributed by atoms with van der Waals surface area (Å²) >= 11 is 0. The lowest BCUT2D eigenvalue weighted by atomic mass is 9.82. The lowest BCUT2D eigenvalue weighted by Crippen LogP contribution is -2.25. The Morgan fingerprint density at radius 3 is 2.87 bits per heavy atom. The fourth-order valence-electron chi connectivity index (χ4n) is 3.81. The van der Waals surface area contributed by atoms with Crippen LogP contribution in [-0.4, -0.2) is 12.5 Å². The van der Waals surface area contributed by atoms with Crippen LogP contribution in [0.2, 0.25) is 0 Å². The van der Waals surface area contributed by atoms with E-state index in [4.69, 9.17) is 0 Å². The van der Waals surface area contributed by atoms with Crippen molar-refractivity contribution in [1.82, 2.24) is 0 Å². The SMILES string of the molecule is O=C(Nc1ccc2c(c1)CCCN2)C1CCCc2ccccc21. The monoisotopic (exact) mass is 306 g/mol. The Morgan fingerprint density at radius 2 is 1.91 bits per heavy atom. The fraction of sp³-hybridized carbons (Fsp3) is 0.350. The van der Waals surface area contributed by atoms with Gasteiger partial charge in [-0.15, -0.1) is 0 Å². The molecule has 0 aromatic heterocycles. The average Bonchev–Trinajstić information content (AvgIpc) is 2.61. The number of aryl methyl sites for hydroxylation is 2. The van der Waals surface area contributed by atoms with Gasteiger partial charge in [0.15, 0.2) is 0 Å². The summed E-state index contributed by atoms with van der Waals surface area (Å²) in [4.78, 5) is 12.8. The Bertz CT molecular complexity index is 738. The van der Waals surface area contributed by atoms with Crippen molar-refractivity contribution >= 4 is 17.3 Å². The number of benzene rings is 2. The first-order valence-electron chi connectivity index (χ1n) is 8.57. The minimum Gasteiger partial charge on any atom is -0.385 e. The second-order valence-electron chi connectivity index (χ2n) is 6.54. The number of carbonyl (C=O) groups excluding carboxylic acids is 1. The van der Waals surface area contributed by atoms with Crippen LogP contribution < -0.4 is 10.6 Å². The maximum absolute atomic E-state index is 12.8. The van der Waals surface area contributed by atoms with Gasteiger partial charge in [-0.05, 0) is 67.0 Å². The van der Waals surface area contributed by atoms with E-state index in [9.17, 15) is 4.79 Å². The predicted molar refractivity (Wildman–Crippen MR) is 94.0 cm³/mol. The van der Waals surface area contributed by atoms with Crippen molar-refractivity contribution in [3.8, 4) is 0 Å². The number of carbonyl (C=O) groups is 1. The topological polar surface area (TPSA) is 41.1 Å². The van der Waals surface area contributed by atoms with Crippen molar-refractivity contribution in [2.24, 2.45) is 0 Å². The number of amides is 1. The number of hydrogen-bond acceptors (Lipinski definition) is 2. The third-order valence-electron chi connectivity index (χ3n) is 5.00. The van der Waals surface area contributed by atoms with Crippen LogP contribution in [-0.2, 0) is 17.6 Å². The summed E-state index contributed by atoms with van der Waals surface area (Å²) in [6.07, 6.45) is 5.35. The summed E-state index contributed by atoms with van der Waals surface area (Å²) in [6, 6.07) is 14.6. The molecular formula is C20H22N2O. The van der Waals surface area contributed by atoms with E-state index in [0.717, 1.165) is 44.3 Å². The lowest BCUT2D eigenvalue weighted by Gasteiger charge is -2.25. The number of anilines is 2. The molecule has 2 aromatic rings. The molecule has 0 fully saturated rings. The third-order valence-corrected chi connectivity index (χ3v) is 5.00. The van der Waals surface area contributed by atoms with Gasteiger partial charge in [-0.2, -0.15) is 0 Å². The fourth-order valence-corrected chi connectivity index (χ4v) is 3.81. The number of nitrogens with one attached hydrogen (secondary N) is 2. The van der Waals surface area contributed by atoms with E-state index in [1.807, 2.05) is 12.1 Å². The first-order chi connectivity index (χ1) is 11.3. The van der Waals surface area contributed by atoms with Gasteiger partial charge < -0.3 is 10.6 Å². The van der Waals surface area contributed by atoms with Gasteiger partial charge >= 0.3 is 0 Å². The lowest BCUT2D eigenvalue weighted by molar-refractivity contribution is -0.117. The summed E-state index contributed by atoms with van der Waals surface area (Å²) in [5.41, 5.74) is 5.96. The van der Waals surface area contributed by atoms with Gasteiger partial charge in [-0.3, -0.25) is 4.79 Å². The van der Waals surface area contributed by atoms with Crippen molar-refractivity contribution in [2.75, 3.05) is 17.2 Å². The highest BCUT2D eigenvalue weighted by molar-refractivity contribution is 5.96. The molecule has 0 saturated heterocycles. The van der Waals surface area contributed by atoms with Crippen molar-refractivity contribution < 1.29 is 4.79 Å². The highest BCUT2D eigenvalue weighted by atomic mass is 16.1. The standard InChI is InChI=1S/C20H22N2O/c23-20(18-9-3-6-14-5-1-2-8-17(14)18)22-16-10-11-19-15(13-16)7-4-12-21-19/h1-2,5,8,10-11,13,18,21H,3-4,6-7,9,12H2,(H,22,23). The summed E-state index contributed by atoms with van der Waals surface area (Å²) in [7, 11) is 0. The molecule has 118 valence electrons. The Balaban J connectivity index is 1.55. The van der Waals surface area contributed by atoms with E-state index in [2.05, 4.69) is 41.0 Å². The molecule has 1 aliphatic carbocycles. The first-order valence-corrected chi connectivity index (χ1v) is 8.57. The molecule has 0 radical (unpaired) electrons. The van der Waals surface area contributed by atoms with Gasteiger partial charge in [-0.25, -0.2) is 0 Å². The Kier molecular flexibility index (Phi) is 3.78. The summed E-state index contributed by atoms with van der Waals surface area (Å²) in [5, 5.41) is 6.54. The Morgan fingerprint density at radius 1 is 1.04 bits per heavy atom. The van der Waals surface area contributed by atoms with E-state index in [1.165, 1.54) is 22.4 Å². The largest absolute Gasteiger partial charge is 0.385 e. The maximum Gasteiger partial charge on any atom is 0.231 e. The zero-order valence-corrected chi connectivity index (χ0v) is 13.3. The van der Waals surface area contributed by atoms with Crippen LogP contribution in [0.3, 0.4) is 0 Å². The Hall–Kier alpha value is -2.29. The number of hydrogen-bond donors (Lipinski definition) is 2. The van der Waals surface area contributed by atoms with E-state index >= 15 is 0 Å². The van der Waals surface area contributed by atoms with Gasteiger partial charge in [0.2, 0.25) is 5.91 Å². The zero-order chi connectivity index (χ0) is 15.6. The van der Waals surface area contributed by atoms with Gasteiger partial charge in [-0.1, -0.05) is 24.3 Å². The molecule has 0 saturated carbocycles. The number of fused-ring (bicyclic) bond motifs is 2. The summed E-state index contributed by atoms with van der Waals surface area (Å²) in [6.45, 7) is 1.04. The maximum atomic E-state index is 12.8. The molecule has 1 heterocycles.